The second-order valence-corrected chi connectivity index (χ2v) is 3.58. The average molecular weight is 269 g/mol. The summed E-state index contributed by atoms with van der Waals surface area (Å²) in [5, 5.41) is 13.1. The molecule has 8 heteroatoms. The third kappa shape index (κ3) is 4.62. The molecule has 0 bridgehead atoms. The van der Waals surface area contributed by atoms with Crippen molar-refractivity contribution in [1.82, 2.24) is 5.32 Å². The number of nitrogens with one attached hydrogen (secondary N) is 2. The predicted molar refractivity (Wildman–Crippen MR) is 64.1 cm³/mol. The lowest BCUT2D eigenvalue weighted by molar-refractivity contribution is -0.137. The molecule has 1 aromatic rings. The number of amides is 2. The second kappa shape index (κ2) is 6.34. The van der Waals surface area contributed by atoms with Gasteiger partial charge in [0.05, 0.1) is 12.1 Å². The number of carboxylic acids is 1. The summed E-state index contributed by atoms with van der Waals surface area (Å²) in [6.07, 6.45) is 0. The zero-order valence-corrected chi connectivity index (χ0v) is 9.77. The van der Waals surface area contributed by atoms with Crippen LogP contribution in [-0.4, -0.2) is 36.0 Å². The number of nitrogens with two attached hydrogens (primary N) is 1. The van der Waals surface area contributed by atoms with Crippen molar-refractivity contribution in [2.24, 2.45) is 5.73 Å². The quantitative estimate of drug-likeness (QED) is 0.556. The van der Waals surface area contributed by atoms with Crippen LogP contribution >= 0.6 is 0 Å². The monoisotopic (exact) mass is 269 g/mol. The number of carboxylic acid groups (broad SMARTS) is 1. The fourth-order valence-corrected chi connectivity index (χ4v) is 1.29. The Kier molecular flexibility index (Phi) is 4.81. The summed E-state index contributed by atoms with van der Waals surface area (Å²) in [5.41, 5.74) is 5.17. The average Bonchev–Trinajstić information content (AvgIpc) is 2.34. The van der Waals surface area contributed by atoms with Gasteiger partial charge in [-0.1, -0.05) is 0 Å². The van der Waals surface area contributed by atoms with E-state index in [9.17, 15) is 18.8 Å². The molecule has 2 amide bonds. The van der Waals surface area contributed by atoms with Gasteiger partial charge in [-0.3, -0.25) is 14.4 Å². The van der Waals surface area contributed by atoms with Gasteiger partial charge in [0.1, 0.15) is 12.4 Å². The Balaban J connectivity index is 2.65. The van der Waals surface area contributed by atoms with Crippen LogP contribution in [0, 0.1) is 5.82 Å². The van der Waals surface area contributed by atoms with E-state index in [0.29, 0.717) is 0 Å². The fraction of sp³-hybridized carbons (Fsp3) is 0.182. The predicted octanol–water partition coefficient (Wildman–Crippen LogP) is -0.463. The fourth-order valence-electron chi connectivity index (χ4n) is 1.29. The highest BCUT2D eigenvalue weighted by Gasteiger charge is 2.11. The topological polar surface area (TPSA) is 122 Å². The molecule has 0 spiro atoms. The van der Waals surface area contributed by atoms with Crippen molar-refractivity contribution in [3.05, 3.63) is 29.6 Å². The van der Waals surface area contributed by atoms with E-state index in [4.69, 9.17) is 10.8 Å². The molecule has 1 rings (SSSR count). The first kappa shape index (κ1) is 14.4. The van der Waals surface area contributed by atoms with E-state index in [0.717, 1.165) is 12.1 Å². The molecule has 5 N–H and O–H groups in total. The third-order valence-electron chi connectivity index (χ3n) is 2.12. The van der Waals surface area contributed by atoms with Crippen LogP contribution < -0.4 is 16.4 Å². The lowest BCUT2D eigenvalue weighted by Gasteiger charge is -2.09. The van der Waals surface area contributed by atoms with Crippen LogP contribution in [0.5, 0.6) is 0 Å². The lowest BCUT2D eigenvalue weighted by Crippen LogP contribution is -2.34. The van der Waals surface area contributed by atoms with E-state index >= 15 is 0 Å². The van der Waals surface area contributed by atoms with Crippen LogP contribution in [0.15, 0.2) is 18.2 Å². The molecule has 0 aromatic heterocycles. The van der Waals surface area contributed by atoms with Gasteiger partial charge in [-0.05, 0) is 18.2 Å². The minimum Gasteiger partial charge on any atom is -0.480 e. The third-order valence-corrected chi connectivity index (χ3v) is 2.12. The van der Waals surface area contributed by atoms with Crippen LogP contribution in [0.2, 0.25) is 0 Å². The number of anilines is 1. The van der Waals surface area contributed by atoms with E-state index in [-0.39, 0.29) is 17.8 Å². The van der Waals surface area contributed by atoms with Gasteiger partial charge in [-0.15, -0.1) is 0 Å². The molecule has 0 heterocycles. The molecule has 0 saturated heterocycles. The smallest absolute Gasteiger partial charge is 0.322 e. The highest BCUT2D eigenvalue weighted by molar-refractivity contribution is 5.99. The zero-order valence-electron chi connectivity index (χ0n) is 9.77. The number of carbonyl (C=O) groups is 3. The summed E-state index contributed by atoms with van der Waals surface area (Å²) >= 11 is 0. The van der Waals surface area contributed by atoms with Crippen molar-refractivity contribution < 1.29 is 23.9 Å². The standard InChI is InChI=1S/C11H12FN3O4/c12-6-1-2-8(7(3-6)11(13)19)14-4-9(16)15-5-10(17)18/h1-3,14H,4-5H2,(H2,13,19)(H,15,16)(H,17,18). The van der Waals surface area contributed by atoms with Gasteiger partial charge in [-0.2, -0.15) is 0 Å². The summed E-state index contributed by atoms with van der Waals surface area (Å²) < 4.78 is 12.9. The number of halogens is 1. The molecule has 0 unspecified atom stereocenters. The highest BCUT2D eigenvalue weighted by Crippen LogP contribution is 2.16. The Morgan fingerprint density at radius 3 is 2.53 bits per heavy atom. The molecule has 0 saturated carbocycles. The molecule has 1 aromatic carbocycles. The molecular formula is C11H12FN3O4. The van der Waals surface area contributed by atoms with Gasteiger partial charge in [0.2, 0.25) is 5.91 Å². The molecule has 0 aliphatic rings. The van der Waals surface area contributed by atoms with Crippen molar-refractivity contribution in [2.75, 3.05) is 18.4 Å². The maximum atomic E-state index is 12.9. The van der Waals surface area contributed by atoms with Crippen LogP contribution in [0.3, 0.4) is 0 Å². The molecule has 0 atom stereocenters. The summed E-state index contributed by atoms with van der Waals surface area (Å²) in [6, 6.07) is 3.31. The Bertz CT molecular complexity index is 519. The molecular weight excluding hydrogens is 257 g/mol. The highest BCUT2D eigenvalue weighted by atomic mass is 19.1. The summed E-state index contributed by atoms with van der Waals surface area (Å²) in [6.45, 7) is -0.772. The van der Waals surface area contributed by atoms with Crippen LogP contribution in [0.25, 0.3) is 0 Å². The Morgan fingerprint density at radius 1 is 1.26 bits per heavy atom. The van der Waals surface area contributed by atoms with Crippen LogP contribution in [0.4, 0.5) is 10.1 Å². The zero-order chi connectivity index (χ0) is 14.4. The van der Waals surface area contributed by atoms with E-state index in [1.165, 1.54) is 6.07 Å². The first-order valence-electron chi connectivity index (χ1n) is 5.22. The normalized spacial score (nSPS) is 9.74. The lowest BCUT2D eigenvalue weighted by atomic mass is 10.1. The van der Waals surface area contributed by atoms with Crippen molar-refractivity contribution in [2.45, 2.75) is 0 Å². The summed E-state index contributed by atoms with van der Waals surface area (Å²) in [7, 11) is 0. The van der Waals surface area contributed by atoms with Gasteiger partial charge in [0.15, 0.2) is 0 Å². The minimum absolute atomic E-state index is 0.0916. The molecule has 0 aliphatic carbocycles. The molecule has 0 fully saturated rings. The minimum atomic E-state index is -1.17. The van der Waals surface area contributed by atoms with Gasteiger partial charge >= 0.3 is 5.97 Å². The number of benzene rings is 1. The second-order valence-electron chi connectivity index (χ2n) is 3.58. The van der Waals surface area contributed by atoms with E-state index in [1.807, 2.05) is 0 Å². The van der Waals surface area contributed by atoms with E-state index in [1.54, 1.807) is 0 Å². The van der Waals surface area contributed by atoms with E-state index in [2.05, 4.69) is 10.6 Å². The largest absolute Gasteiger partial charge is 0.480 e. The number of rotatable bonds is 6. The number of primary amides is 1. The number of hydrogen-bond acceptors (Lipinski definition) is 4. The first-order chi connectivity index (χ1) is 8.90. The Hall–Kier alpha value is -2.64. The molecule has 19 heavy (non-hydrogen) atoms. The number of hydrogen-bond donors (Lipinski definition) is 4. The Morgan fingerprint density at radius 2 is 1.95 bits per heavy atom. The molecule has 0 radical (unpaired) electrons. The van der Waals surface area contributed by atoms with Crippen molar-refractivity contribution >= 4 is 23.5 Å². The summed E-state index contributed by atoms with van der Waals surface area (Å²) in [4.78, 5) is 32.5. The number of aliphatic carboxylic acids is 1. The van der Waals surface area contributed by atoms with E-state index < -0.39 is 30.1 Å². The van der Waals surface area contributed by atoms with Gasteiger partial charge in [0.25, 0.3) is 5.91 Å². The van der Waals surface area contributed by atoms with Crippen molar-refractivity contribution in [3.8, 4) is 0 Å². The Labute approximate surface area is 107 Å². The maximum absolute atomic E-state index is 12.9. The summed E-state index contributed by atoms with van der Waals surface area (Å²) in [5.74, 6) is -3.22. The van der Waals surface area contributed by atoms with Gasteiger partial charge < -0.3 is 21.5 Å². The molecule has 7 nitrogen and oxygen atoms in total. The molecule has 102 valence electrons. The number of carbonyl (C=O) groups excluding carboxylic acids is 2. The van der Waals surface area contributed by atoms with Crippen molar-refractivity contribution in [1.29, 1.82) is 0 Å². The maximum Gasteiger partial charge on any atom is 0.322 e. The first-order valence-corrected chi connectivity index (χ1v) is 5.22. The molecule has 0 aliphatic heterocycles. The SMILES string of the molecule is NC(=O)c1cc(F)ccc1NCC(=O)NCC(=O)O. The van der Waals surface area contributed by atoms with Crippen LogP contribution in [-0.2, 0) is 9.59 Å². The van der Waals surface area contributed by atoms with Gasteiger partial charge in [-0.25, -0.2) is 4.39 Å². The van der Waals surface area contributed by atoms with Crippen molar-refractivity contribution in [3.63, 3.8) is 0 Å². The van der Waals surface area contributed by atoms with Gasteiger partial charge in [0, 0.05) is 5.69 Å². The van der Waals surface area contributed by atoms with Crippen LogP contribution in [0.1, 0.15) is 10.4 Å².